The maximum absolute atomic E-state index is 13.2. The number of rotatable bonds is 3. The Hall–Kier alpha value is -1.20. The van der Waals surface area contributed by atoms with Crippen molar-refractivity contribution < 1.29 is 4.39 Å². The highest BCUT2D eigenvalue weighted by Gasteiger charge is 2.17. The van der Waals surface area contributed by atoms with E-state index in [0.717, 1.165) is 6.20 Å². The highest BCUT2D eigenvalue weighted by Crippen LogP contribution is 2.30. The third-order valence-electron chi connectivity index (χ3n) is 2.50. The first-order chi connectivity index (χ1) is 8.61. The van der Waals surface area contributed by atoms with Gasteiger partial charge in [-0.2, -0.15) is 0 Å². The Morgan fingerprint density at radius 2 is 2.00 bits per heavy atom. The summed E-state index contributed by atoms with van der Waals surface area (Å²) in [6.45, 7) is 0. The van der Waals surface area contributed by atoms with Gasteiger partial charge < -0.3 is 0 Å². The number of hydrogen-bond donors (Lipinski definition) is 2. The number of halogens is 3. The van der Waals surface area contributed by atoms with Gasteiger partial charge in [-0.25, -0.2) is 9.82 Å². The first-order valence-electron chi connectivity index (χ1n) is 5.13. The van der Waals surface area contributed by atoms with Crippen molar-refractivity contribution in [2.24, 2.45) is 5.84 Å². The molecular formula is C12H10Cl2FN3. The predicted molar refractivity (Wildman–Crippen MR) is 69.8 cm³/mol. The molecule has 94 valence electrons. The smallest absolute Gasteiger partial charge is 0.141 e. The van der Waals surface area contributed by atoms with Crippen LogP contribution in [0.1, 0.15) is 17.2 Å². The maximum Gasteiger partial charge on any atom is 0.141 e. The van der Waals surface area contributed by atoms with Crippen molar-refractivity contribution in [3.05, 3.63) is 63.6 Å². The van der Waals surface area contributed by atoms with Crippen LogP contribution in [0.15, 0.2) is 36.7 Å². The number of hydrazine groups is 1. The van der Waals surface area contributed by atoms with E-state index in [9.17, 15) is 4.39 Å². The number of nitrogens with one attached hydrogen (secondary N) is 1. The van der Waals surface area contributed by atoms with Crippen LogP contribution in [0, 0.1) is 5.82 Å². The molecule has 0 aliphatic rings. The summed E-state index contributed by atoms with van der Waals surface area (Å²) >= 11 is 12.0. The molecule has 0 aliphatic carbocycles. The van der Waals surface area contributed by atoms with Crippen LogP contribution in [0.25, 0.3) is 0 Å². The van der Waals surface area contributed by atoms with Crippen LogP contribution < -0.4 is 11.3 Å². The third-order valence-corrected chi connectivity index (χ3v) is 3.07. The quantitative estimate of drug-likeness (QED) is 0.673. The van der Waals surface area contributed by atoms with Crippen molar-refractivity contribution >= 4 is 23.2 Å². The number of benzene rings is 1. The fourth-order valence-corrected chi connectivity index (χ4v) is 2.09. The number of nitrogens with two attached hydrogens (primary N) is 1. The molecule has 1 unspecified atom stereocenters. The SMILES string of the molecule is NNC(c1cncc(F)c1)c1cc(Cl)ccc1Cl. The topological polar surface area (TPSA) is 50.9 Å². The average Bonchev–Trinajstić information content (AvgIpc) is 2.35. The molecule has 1 heterocycles. The Morgan fingerprint density at radius 3 is 2.67 bits per heavy atom. The standard InChI is InChI=1S/C12H10Cl2FN3/c13-8-1-2-11(14)10(4-8)12(18-16)7-3-9(15)6-17-5-7/h1-6,12,18H,16H2. The van der Waals surface area contributed by atoms with Gasteiger partial charge in [-0.3, -0.25) is 10.8 Å². The van der Waals surface area contributed by atoms with Gasteiger partial charge in [0.1, 0.15) is 5.82 Å². The van der Waals surface area contributed by atoms with Crippen molar-refractivity contribution in [1.82, 2.24) is 10.4 Å². The van der Waals surface area contributed by atoms with Crippen LogP contribution in [0.2, 0.25) is 10.0 Å². The Bertz CT molecular complexity index is 563. The van der Waals surface area contributed by atoms with E-state index < -0.39 is 11.9 Å². The van der Waals surface area contributed by atoms with E-state index in [0.29, 0.717) is 21.2 Å². The molecule has 1 aromatic carbocycles. The molecule has 2 rings (SSSR count). The van der Waals surface area contributed by atoms with Crippen LogP contribution in [-0.4, -0.2) is 4.98 Å². The highest BCUT2D eigenvalue weighted by atomic mass is 35.5. The molecule has 6 heteroatoms. The molecule has 3 N–H and O–H groups in total. The lowest BCUT2D eigenvalue weighted by molar-refractivity contribution is 0.598. The first kappa shape index (κ1) is 13.2. The van der Waals surface area contributed by atoms with E-state index in [1.807, 2.05) is 0 Å². The van der Waals surface area contributed by atoms with Gasteiger partial charge in [-0.15, -0.1) is 0 Å². The Labute approximate surface area is 114 Å². The van der Waals surface area contributed by atoms with Crippen molar-refractivity contribution in [3.63, 3.8) is 0 Å². The largest absolute Gasteiger partial charge is 0.271 e. The van der Waals surface area contributed by atoms with Gasteiger partial charge >= 0.3 is 0 Å². The molecule has 0 spiro atoms. The van der Waals surface area contributed by atoms with Gasteiger partial charge in [0, 0.05) is 16.2 Å². The van der Waals surface area contributed by atoms with Gasteiger partial charge in [-0.05, 0) is 35.4 Å². The Kier molecular flexibility index (Phi) is 4.14. The van der Waals surface area contributed by atoms with E-state index in [2.05, 4.69) is 10.4 Å². The van der Waals surface area contributed by atoms with E-state index in [1.165, 1.54) is 12.3 Å². The molecule has 0 saturated carbocycles. The minimum atomic E-state index is -0.473. The Morgan fingerprint density at radius 1 is 1.22 bits per heavy atom. The zero-order valence-electron chi connectivity index (χ0n) is 9.20. The molecule has 3 nitrogen and oxygen atoms in total. The highest BCUT2D eigenvalue weighted by molar-refractivity contribution is 6.33. The molecular weight excluding hydrogens is 276 g/mol. The van der Waals surface area contributed by atoms with Crippen LogP contribution in [0.5, 0.6) is 0 Å². The lowest BCUT2D eigenvalue weighted by Crippen LogP contribution is -2.29. The second kappa shape index (κ2) is 5.63. The minimum Gasteiger partial charge on any atom is -0.271 e. The fourth-order valence-electron chi connectivity index (χ4n) is 1.69. The van der Waals surface area contributed by atoms with Crippen LogP contribution >= 0.6 is 23.2 Å². The van der Waals surface area contributed by atoms with E-state index in [-0.39, 0.29) is 0 Å². The first-order valence-corrected chi connectivity index (χ1v) is 5.89. The summed E-state index contributed by atoms with van der Waals surface area (Å²) < 4.78 is 13.2. The minimum absolute atomic E-state index is 0.439. The van der Waals surface area contributed by atoms with Crippen molar-refractivity contribution in [1.29, 1.82) is 0 Å². The van der Waals surface area contributed by atoms with E-state index in [4.69, 9.17) is 29.0 Å². The molecule has 0 saturated heterocycles. The summed E-state index contributed by atoms with van der Waals surface area (Å²) in [6, 6.07) is 5.88. The average molecular weight is 286 g/mol. The summed E-state index contributed by atoms with van der Waals surface area (Å²) in [6.07, 6.45) is 2.64. The summed E-state index contributed by atoms with van der Waals surface area (Å²) in [5.74, 6) is 5.06. The van der Waals surface area contributed by atoms with Crippen LogP contribution in [0.4, 0.5) is 4.39 Å². The lowest BCUT2D eigenvalue weighted by Gasteiger charge is -2.18. The summed E-state index contributed by atoms with van der Waals surface area (Å²) in [5.41, 5.74) is 3.82. The van der Waals surface area contributed by atoms with Crippen molar-refractivity contribution in [3.8, 4) is 0 Å². The number of hydrogen-bond acceptors (Lipinski definition) is 3. The summed E-state index contributed by atoms with van der Waals surface area (Å²) in [5, 5.41) is 1.02. The van der Waals surface area contributed by atoms with Gasteiger partial charge in [0.05, 0.1) is 12.2 Å². The van der Waals surface area contributed by atoms with E-state index in [1.54, 1.807) is 18.2 Å². The maximum atomic E-state index is 13.2. The van der Waals surface area contributed by atoms with Gasteiger partial charge in [0.15, 0.2) is 0 Å². The molecule has 0 fully saturated rings. The molecule has 0 aliphatic heterocycles. The van der Waals surface area contributed by atoms with Gasteiger partial charge in [0.25, 0.3) is 0 Å². The molecule has 0 radical (unpaired) electrons. The third kappa shape index (κ3) is 2.79. The second-order valence-corrected chi connectivity index (χ2v) is 4.55. The summed E-state index contributed by atoms with van der Waals surface area (Å²) in [7, 11) is 0. The lowest BCUT2D eigenvalue weighted by atomic mass is 10.0. The molecule has 1 atom stereocenters. The molecule has 2 aromatic rings. The molecule has 18 heavy (non-hydrogen) atoms. The number of pyridine rings is 1. The number of aromatic nitrogens is 1. The summed E-state index contributed by atoms with van der Waals surface area (Å²) in [4.78, 5) is 3.78. The molecule has 0 amide bonds. The Balaban J connectivity index is 2.48. The predicted octanol–water partition coefficient (Wildman–Crippen LogP) is 3.08. The normalized spacial score (nSPS) is 12.4. The monoisotopic (exact) mass is 285 g/mol. The van der Waals surface area contributed by atoms with Crippen molar-refractivity contribution in [2.75, 3.05) is 0 Å². The zero-order chi connectivity index (χ0) is 13.1. The molecule has 0 bridgehead atoms. The van der Waals surface area contributed by atoms with Crippen LogP contribution in [0.3, 0.4) is 0 Å². The fraction of sp³-hybridized carbons (Fsp3) is 0.0833. The van der Waals surface area contributed by atoms with Gasteiger partial charge in [-0.1, -0.05) is 23.2 Å². The van der Waals surface area contributed by atoms with E-state index >= 15 is 0 Å². The zero-order valence-corrected chi connectivity index (χ0v) is 10.7. The number of nitrogens with zero attached hydrogens (tertiary/aromatic N) is 1. The van der Waals surface area contributed by atoms with Crippen LogP contribution in [-0.2, 0) is 0 Å². The van der Waals surface area contributed by atoms with Gasteiger partial charge in [0.2, 0.25) is 0 Å². The molecule has 1 aromatic heterocycles. The second-order valence-electron chi connectivity index (χ2n) is 3.70. The van der Waals surface area contributed by atoms with Crippen molar-refractivity contribution in [2.45, 2.75) is 6.04 Å².